The first-order valence-corrected chi connectivity index (χ1v) is 8.14. The van der Waals surface area contributed by atoms with Crippen LogP contribution in [0, 0.1) is 5.41 Å². The van der Waals surface area contributed by atoms with Gasteiger partial charge in [0.15, 0.2) is 0 Å². The maximum absolute atomic E-state index is 12.1. The van der Waals surface area contributed by atoms with Gasteiger partial charge in [-0.2, -0.15) is 0 Å². The SMILES string of the molecule is COc1ccc(S(=O)(=O)NCC2(CO)CC2)cc1Br. The largest absolute Gasteiger partial charge is 0.496 e. The third-order valence-corrected chi connectivity index (χ3v) is 5.38. The number of sulfonamides is 1. The Morgan fingerprint density at radius 1 is 1.47 bits per heavy atom. The molecule has 106 valence electrons. The van der Waals surface area contributed by atoms with Crippen molar-refractivity contribution in [1.82, 2.24) is 4.72 Å². The highest BCUT2D eigenvalue weighted by Crippen LogP contribution is 2.44. The fraction of sp³-hybridized carbons (Fsp3) is 0.500. The number of halogens is 1. The van der Waals surface area contributed by atoms with Crippen molar-refractivity contribution < 1.29 is 18.3 Å². The summed E-state index contributed by atoms with van der Waals surface area (Å²) in [5, 5.41) is 9.18. The van der Waals surface area contributed by atoms with Crippen molar-refractivity contribution in [2.45, 2.75) is 17.7 Å². The maximum atomic E-state index is 12.1. The number of benzene rings is 1. The average Bonchev–Trinajstić information content (AvgIpc) is 3.17. The molecule has 5 nitrogen and oxygen atoms in total. The summed E-state index contributed by atoms with van der Waals surface area (Å²) >= 11 is 3.26. The normalized spacial score (nSPS) is 17.2. The molecule has 0 atom stereocenters. The number of ether oxygens (including phenoxy) is 1. The van der Waals surface area contributed by atoms with Gasteiger partial charge in [-0.05, 0) is 47.0 Å². The molecule has 0 saturated heterocycles. The number of nitrogens with one attached hydrogen (secondary N) is 1. The lowest BCUT2D eigenvalue weighted by Gasteiger charge is -2.13. The Labute approximate surface area is 121 Å². The van der Waals surface area contributed by atoms with Crippen molar-refractivity contribution in [1.29, 1.82) is 0 Å². The molecule has 1 aromatic carbocycles. The second-order valence-corrected chi connectivity index (χ2v) is 7.40. The highest BCUT2D eigenvalue weighted by atomic mass is 79.9. The Morgan fingerprint density at radius 2 is 2.16 bits per heavy atom. The molecule has 2 N–H and O–H groups in total. The molecule has 0 heterocycles. The molecule has 0 amide bonds. The molecule has 0 bridgehead atoms. The van der Waals surface area contributed by atoms with Crippen molar-refractivity contribution in [2.75, 3.05) is 20.3 Å². The summed E-state index contributed by atoms with van der Waals surface area (Å²) in [5.41, 5.74) is -0.253. The van der Waals surface area contributed by atoms with Gasteiger partial charge in [-0.3, -0.25) is 0 Å². The van der Waals surface area contributed by atoms with Crippen LogP contribution in [0.5, 0.6) is 5.75 Å². The molecule has 0 unspecified atom stereocenters. The molecule has 2 rings (SSSR count). The van der Waals surface area contributed by atoms with E-state index in [-0.39, 0.29) is 23.5 Å². The van der Waals surface area contributed by atoms with Gasteiger partial charge in [0.05, 0.1) is 16.5 Å². The summed E-state index contributed by atoms with van der Waals surface area (Å²) in [7, 11) is -2.04. The Morgan fingerprint density at radius 3 is 2.63 bits per heavy atom. The number of hydrogen-bond acceptors (Lipinski definition) is 4. The van der Waals surface area contributed by atoms with E-state index in [0.717, 1.165) is 12.8 Å². The first kappa shape index (κ1) is 14.8. The second-order valence-electron chi connectivity index (χ2n) is 4.78. The van der Waals surface area contributed by atoms with Crippen LogP contribution in [0.15, 0.2) is 27.6 Å². The molecule has 19 heavy (non-hydrogen) atoms. The zero-order valence-electron chi connectivity index (χ0n) is 10.5. The van der Waals surface area contributed by atoms with Gasteiger partial charge in [0.1, 0.15) is 5.75 Å². The Kier molecular flexibility index (Phi) is 4.20. The summed E-state index contributed by atoms with van der Waals surface area (Å²) in [5.74, 6) is 0.577. The molecule has 1 fully saturated rings. The third-order valence-electron chi connectivity index (χ3n) is 3.36. The van der Waals surface area contributed by atoms with E-state index < -0.39 is 10.0 Å². The maximum Gasteiger partial charge on any atom is 0.240 e. The fourth-order valence-corrected chi connectivity index (χ4v) is 3.59. The van der Waals surface area contributed by atoms with Crippen molar-refractivity contribution in [2.24, 2.45) is 5.41 Å². The molecule has 1 aliphatic rings. The number of methoxy groups -OCH3 is 1. The molecule has 0 aromatic heterocycles. The predicted molar refractivity (Wildman–Crippen MR) is 74.6 cm³/mol. The minimum Gasteiger partial charge on any atom is -0.496 e. The van der Waals surface area contributed by atoms with Crippen LogP contribution in [0.2, 0.25) is 0 Å². The Balaban J connectivity index is 2.13. The number of aliphatic hydroxyl groups excluding tert-OH is 1. The zero-order chi connectivity index (χ0) is 14.1. The van der Waals surface area contributed by atoms with Gasteiger partial charge in [-0.1, -0.05) is 0 Å². The van der Waals surface area contributed by atoms with E-state index in [4.69, 9.17) is 4.74 Å². The molecule has 1 aliphatic carbocycles. The van der Waals surface area contributed by atoms with Crippen LogP contribution in [0.3, 0.4) is 0 Å². The van der Waals surface area contributed by atoms with Crippen molar-refractivity contribution >= 4 is 26.0 Å². The van der Waals surface area contributed by atoms with Crippen LogP contribution >= 0.6 is 15.9 Å². The lowest BCUT2D eigenvalue weighted by molar-refractivity contribution is 0.213. The lowest BCUT2D eigenvalue weighted by atomic mass is 10.1. The average molecular weight is 350 g/mol. The molecule has 0 radical (unpaired) electrons. The summed E-state index contributed by atoms with van der Waals surface area (Å²) in [6, 6.07) is 4.59. The van der Waals surface area contributed by atoms with Gasteiger partial charge < -0.3 is 9.84 Å². The van der Waals surface area contributed by atoms with E-state index in [9.17, 15) is 13.5 Å². The topological polar surface area (TPSA) is 75.6 Å². The molecular weight excluding hydrogens is 334 g/mol. The van der Waals surface area contributed by atoms with E-state index in [1.165, 1.54) is 19.2 Å². The fourth-order valence-electron chi connectivity index (χ4n) is 1.71. The quantitative estimate of drug-likeness (QED) is 0.816. The van der Waals surface area contributed by atoms with E-state index in [0.29, 0.717) is 10.2 Å². The standard InChI is InChI=1S/C12H16BrNO4S/c1-18-11-3-2-9(6-10(11)13)19(16,17)14-7-12(8-15)4-5-12/h2-3,6,14-15H,4-5,7-8H2,1H3. The first-order chi connectivity index (χ1) is 8.92. The zero-order valence-corrected chi connectivity index (χ0v) is 12.9. The van der Waals surface area contributed by atoms with Gasteiger partial charge in [0.25, 0.3) is 0 Å². The summed E-state index contributed by atoms with van der Waals surface area (Å²) < 4.78 is 32.4. The summed E-state index contributed by atoms with van der Waals surface area (Å²) in [6.07, 6.45) is 1.72. The van der Waals surface area contributed by atoms with Crippen molar-refractivity contribution in [3.63, 3.8) is 0 Å². The van der Waals surface area contributed by atoms with E-state index in [1.54, 1.807) is 6.07 Å². The van der Waals surface area contributed by atoms with Gasteiger partial charge in [0, 0.05) is 18.6 Å². The molecule has 0 aliphatic heterocycles. The Hall–Kier alpha value is -0.630. The lowest BCUT2D eigenvalue weighted by Crippen LogP contribution is -2.31. The van der Waals surface area contributed by atoms with Gasteiger partial charge in [0.2, 0.25) is 10.0 Å². The van der Waals surface area contributed by atoms with Crippen LogP contribution in [0.1, 0.15) is 12.8 Å². The van der Waals surface area contributed by atoms with Crippen LogP contribution in [0.4, 0.5) is 0 Å². The number of rotatable bonds is 6. The van der Waals surface area contributed by atoms with Gasteiger partial charge in [-0.25, -0.2) is 13.1 Å². The van der Waals surface area contributed by atoms with Crippen LogP contribution < -0.4 is 9.46 Å². The van der Waals surface area contributed by atoms with Crippen LogP contribution in [0.25, 0.3) is 0 Å². The van der Waals surface area contributed by atoms with Gasteiger partial charge in [-0.15, -0.1) is 0 Å². The van der Waals surface area contributed by atoms with E-state index in [1.807, 2.05) is 0 Å². The van der Waals surface area contributed by atoms with Crippen molar-refractivity contribution in [3.05, 3.63) is 22.7 Å². The van der Waals surface area contributed by atoms with Gasteiger partial charge >= 0.3 is 0 Å². The summed E-state index contributed by atoms with van der Waals surface area (Å²) in [6.45, 7) is 0.289. The first-order valence-electron chi connectivity index (χ1n) is 5.86. The smallest absolute Gasteiger partial charge is 0.240 e. The molecular formula is C12H16BrNO4S. The minimum absolute atomic E-state index is 0.0157. The monoisotopic (exact) mass is 349 g/mol. The highest BCUT2D eigenvalue weighted by molar-refractivity contribution is 9.10. The second kappa shape index (κ2) is 5.40. The third kappa shape index (κ3) is 3.28. The van der Waals surface area contributed by atoms with Crippen LogP contribution in [-0.4, -0.2) is 33.8 Å². The molecule has 0 spiro atoms. The molecule has 1 saturated carbocycles. The van der Waals surface area contributed by atoms with Crippen LogP contribution in [-0.2, 0) is 10.0 Å². The number of hydrogen-bond donors (Lipinski definition) is 2. The van der Waals surface area contributed by atoms with E-state index in [2.05, 4.69) is 20.7 Å². The van der Waals surface area contributed by atoms with Crippen molar-refractivity contribution in [3.8, 4) is 5.75 Å². The minimum atomic E-state index is -3.56. The number of aliphatic hydroxyl groups is 1. The Bertz CT molecular complexity index is 569. The molecule has 7 heteroatoms. The highest BCUT2D eigenvalue weighted by Gasteiger charge is 2.42. The summed E-state index contributed by atoms with van der Waals surface area (Å²) in [4.78, 5) is 0.175. The van der Waals surface area contributed by atoms with E-state index >= 15 is 0 Å². The predicted octanol–water partition coefficient (Wildman–Crippen LogP) is 1.51. The molecule has 1 aromatic rings.